The summed E-state index contributed by atoms with van der Waals surface area (Å²) in [5.41, 5.74) is 0.818. The largest absolute Gasteiger partial charge is 0.478 e. The van der Waals surface area contributed by atoms with E-state index in [2.05, 4.69) is 4.98 Å². The summed E-state index contributed by atoms with van der Waals surface area (Å²) in [6.07, 6.45) is 0. The molecule has 0 amide bonds. The Labute approximate surface area is 122 Å². The lowest BCUT2D eigenvalue weighted by Gasteiger charge is -2.01. The Morgan fingerprint density at radius 1 is 1.25 bits per heavy atom. The molecule has 0 aliphatic heterocycles. The van der Waals surface area contributed by atoms with Crippen LogP contribution >= 0.6 is 23.1 Å². The lowest BCUT2D eigenvalue weighted by Crippen LogP contribution is -1.97. The van der Waals surface area contributed by atoms with Crippen molar-refractivity contribution in [1.29, 1.82) is 0 Å². The van der Waals surface area contributed by atoms with Gasteiger partial charge in [0.15, 0.2) is 4.34 Å². The predicted octanol–water partition coefficient (Wildman–Crippen LogP) is 4.28. The number of thiazole rings is 1. The molecule has 6 heteroatoms. The van der Waals surface area contributed by atoms with Gasteiger partial charge in [-0.1, -0.05) is 23.9 Å². The van der Waals surface area contributed by atoms with Crippen molar-refractivity contribution in [3.05, 3.63) is 53.8 Å². The lowest BCUT2D eigenvalue weighted by molar-refractivity contribution is 0.0696. The number of hydrogen-bond acceptors (Lipinski definition) is 4. The average molecular weight is 305 g/mol. The summed E-state index contributed by atoms with van der Waals surface area (Å²) in [6.45, 7) is 0. The number of benzene rings is 2. The molecule has 100 valence electrons. The molecule has 0 atom stereocenters. The van der Waals surface area contributed by atoms with Crippen molar-refractivity contribution in [2.24, 2.45) is 0 Å². The fraction of sp³-hybridized carbons (Fsp3) is 0. The number of carboxylic acid groups (broad SMARTS) is 1. The smallest absolute Gasteiger partial charge is 0.335 e. The Morgan fingerprint density at radius 2 is 2.05 bits per heavy atom. The van der Waals surface area contributed by atoms with Gasteiger partial charge in [0.2, 0.25) is 0 Å². The summed E-state index contributed by atoms with van der Waals surface area (Å²) >= 11 is 2.68. The summed E-state index contributed by atoms with van der Waals surface area (Å²) in [5.74, 6) is -1.69. The molecule has 0 bridgehead atoms. The van der Waals surface area contributed by atoms with Gasteiger partial charge in [0, 0.05) is 0 Å². The van der Waals surface area contributed by atoms with E-state index in [0.29, 0.717) is 4.90 Å². The Bertz CT molecular complexity index is 768. The fourth-order valence-corrected chi connectivity index (χ4v) is 3.73. The number of carboxylic acids is 1. The van der Waals surface area contributed by atoms with E-state index < -0.39 is 11.8 Å². The van der Waals surface area contributed by atoms with Gasteiger partial charge in [0.05, 0.1) is 20.7 Å². The van der Waals surface area contributed by atoms with Crippen LogP contribution in [0.4, 0.5) is 4.39 Å². The van der Waals surface area contributed by atoms with Gasteiger partial charge in [0.25, 0.3) is 0 Å². The highest BCUT2D eigenvalue weighted by molar-refractivity contribution is 8.01. The third kappa shape index (κ3) is 2.52. The van der Waals surface area contributed by atoms with Crippen molar-refractivity contribution < 1.29 is 14.3 Å². The van der Waals surface area contributed by atoms with E-state index in [-0.39, 0.29) is 5.56 Å². The van der Waals surface area contributed by atoms with Gasteiger partial charge in [-0.15, -0.1) is 11.3 Å². The molecule has 0 unspecified atom stereocenters. The van der Waals surface area contributed by atoms with Crippen LogP contribution in [-0.4, -0.2) is 16.1 Å². The molecule has 20 heavy (non-hydrogen) atoms. The van der Waals surface area contributed by atoms with Gasteiger partial charge in [-0.3, -0.25) is 0 Å². The van der Waals surface area contributed by atoms with Crippen LogP contribution < -0.4 is 0 Å². The van der Waals surface area contributed by atoms with Crippen LogP contribution in [0.5, 0.6) is 0 Å². The second kappa shape index (κ2) is 5.22. The van der Waals surface area contributed by atoms with Crippen LogP contribution in [0.25, 0.3) is 10.2 Å². The normalized spacial score (nSPS) is 10.8. The minimum Gasteiger partial charge on any atom is -0.478 e. The van der Waals surface area contributed by atoms with Gasteiger partial charge in [-0.25, -0.2) is 14.2 Å². The molecular formula is C14H8FNO2S2. The number of nitrogens with zero attached hydrogens (tertiary/aromatic N) is 1. The van der Waals surface area contributed by atoms with Crippen LogP contribution in [0.3, 0.4) is 0 Å². The molecular weight excluding hydrogens is 297 g/mol. The Kier molecular flexibility index (Phi) is 3.42. The zero-order valence-corrected chi connectivity index (χ0v) is 11.7. The molecule has 0 spiro atoms. The van der Waals surface area contributed by atoms with Crippen molar-refractivity contribution in [2.75, 3.05) is 0 Å². The van der Waals surface area contributed by atoms with E-state index in [4.69, 9.17) is 5.11 Å². The van der Waals surface area contributed by atoms with Crippen LogP contribution in [0, 0.1) is 5.82 Å². The summed E-state index contributed by atoms with van der Waals surface area (Å²) in [6, 6.07) is 11.6. The second-order valence-electron chi connectivity index (χ2n) is 4.00. The van der Waals surface area contributed by atoms with Gasteiger partial charge < -0.3 is 5.11 Å². The Morgan fingerprint density at radius 3 is 2.75 bits per heavy atom. The van der Waals surface area contributed by atoms with Gasteiger partial charge in [-0.2, -0.15) is 0 Å². The zero-order valence-electron chi connectivity index (χ0n) is 10.0. The van der Waals surface area contributed by atoms with Gasteiger partial charge >= 0.3 is 5.97 Å². The summed E-state index contributed by atoms with van der Waals surface area (Å²) in [7, 11) is 0. The number of rotatable bonds is 3. The minimum absolute atomic E-state index is 0.0591. The Hall–Kier alpha value is -1.92. The molecule has 0 aliphatic carbocycles. The van der Waals surface area contributed by atoms with Crippen LogP contribution in [-0.2, 0) is 0 Å². The van der Waals surface area contributed by atoms with Crippen molar-refractivity contribution in [2.45, 2.75) is 9.24 Å². The highest BCUT2D eigenvalue weighted by atomic mass is 32.2. The second-order valence-corrected chi connectivity index (χ2v) is 6.32. The molecule has 0 saturated carbocycles. The standard InChI is InChI=1S/C14H8FNO2S2/c15-9-7-8(13(17)18)5-6-11(9)19-14-16-10-3-1-2-4-12(10)20-14/h1-7H,(H,17,18). The van der Waals surface area contributed by atoms with Gasteiger partial charge in [-0.05, 0) is 30.3 Å². The molecule has 3 nitrogen and oxygen atoms in total. The molecule has 0 fully saturated rings. The number of halogens is 1. The number of aromatic carboxylic acids is 1. The predicted molar refractivity (Wildman–Crippen MR) is 77.1 cm³/mol. The first-order valence-corrected chi connectivity index (χ1v) is 7.33. The summed E-state index contributed by atoms with van der Waals surface area (Å²) < 4.78 is 15.6. The number of para-hydroxylation sites is 1. The van der Waals surface area contributed by atoms with E-state index >= 15 is 0 Å². The topological polar surface area (TPSA) is 50.2 Å². The number of fused-ring (bicyclic) bond motifs is 1. The first kappa shape index (κ1) is 13.1. The highest BCUT2D eigenvalue weighted by Gasteiger charge is 2.11. The zero-order chi connectivity index (χ0) is 14.1. The summed E-state index contributed by atoms with van der Waals surface area (Å²) in [4.78, 5) is 15.5. The molecule has 3 aromatic rings. The van der Waals surface area contributed by atoms with E-state index in [1.807, 2.05) is 24.3 Å². The first-order valence-electron chi connectivity index (χ1n) is 5.70. The SMILES string of the molecule is O=C(O)c1ccc(Sc2nc3ccccc3s2)c(F)c1. The lowest BCUT2D eigenvalue weighted by atomic mass is 10.2. The molecule has 3 rings (SSSR count). The molecule has 1 heterocycles. The molecule has 1 aromatic heterocycles. The maximum Gasteiger partial charge on any atom is 0.335 e. The third-order valence-corrected chi connectivity index (χ3v) is 4.80. The quantitative estimate of drug-likeness (QED) is 0.784. The highest BCUT2D eigenvalue weighted by Crippen LogP contribution is 2.35. The van der Waals surface area contributed by atoms with E-state index in [1.54, 1.807) is 0 Å². The fourth-order valence-electron chi connectivity index (χ4n) is 1.71. The van der Waals surface area contributed by atoms with E-state index in [1.165, 1.54) is 35.2 Å². The number of hydrogen-bond donors (Lipinski definition) is 1. The van der Waals surface area contributed by atoms with Crippen LogP contribution in [0.15, 0.2) is 51.7 Å². The van der Waals surface area contributed by atoms with Crippen molar-refractivity contribution >= 4 is 39.3 Å². The van der Waals surface area contributed by atoms with Crippen molar-refractivity contribution in [3.63, 3.8) is 0 Å². The molecule has 0 aliphatic rings. The summed E-state index contributed by atoms with van der Waals surface area (Å²) in [5, 5.41) is 8.80. The molecule has 0 radical (unpaired) electrons. The van der Waals surface area contributed by atoms with Crippen LogP contribution in [0.1, 0.15) is 10.4 Å². The average Bonchev–Trinajstić information content (AvgIpc) is 2.83. The van der Waals surface area contributed by atoms with E-state index in [9.17, 15) is 9.18 Å². The van der Waals surface area contributed by atoms with E-state index in [0.717, 1.165) is 20.6 Å². The maximum atomic E-state index is 13.8. The number of carbonyl (C=O) groups is 1. The Balaban J connectivity index is 1.92. The molecule has 1 N–H and O–H groups in total. The number of aromatic nitrogens is 1. The molecule has 0 saturated heterocycles. The molecule has 2 aromatic carbocycles. The maximum absolute atomic E-state index is 13.8. The minimum atomic E-state index is -1.14. The van der Waals surface area contributed by atoms with Crippen molar-refractivity contribution in [1.82, 2.24) is 4.98 Å². The van der Waals surface area contributed by atoms with Crippen molar-refractivity contribution in [3.8, 4) is 0 Å². The monoisotopic (exact) mass is 305 g/mol. The third-order valence-electron chi connectivity index (χ3n) is 2.65. The van der Waals surface area contributed by atoms with Crippen LogP contribution in [0.2, 0.25) is 0 Å². The first-order chi connectivity index (χ1) is 9.63. The van der Waals surface area contributed by atoms with Gasteiger partial charge in [0.1, 0.15) is 5.82 Å².